The minimum absolute atomic E-state index is 1.18. The van der Waals surface area contributed by atoms with Crippen LogP contribution < -0.4 is 0 Å². The summed E-state index contributed by atoms with van der Waals surface area (Å²) in [5.41, 5.74) is 0. The van der Waals surface area contributed by atoms with Gasteiger partial charge in [-0.1, -0.05) is 20.1 Å². The highest BCUT2D eigenvalue weighted by Gasteiger charge is 1.90. The second kappa shape index (κ2) is 5.17. The summed E-state index contributed by atoms with van der Waals surface area (Å²) in [6.07, 6.45) is 1.34. The van der Waals surface area contributed by atoms with Gasteiger partial charge in [-0.3, -0.25) is 0 Å². The average Bonchev–Trinajstić information content (AvgIpc) is 1.83. The Morgan fingerprint density at radius 2 is 2.12 bits per heavy atom. The molecular weight excluding hydrogens is 96.9 g/mol. The summed E-state index contributed by atoms with van der Waals surface area (Å²) in [6.45, 7) is 6.85. The highest BCUT2D eigenvalue weighted by Crippen LogP contribution is 1.84. The molecule has 0 saturated carbocycles. The molecule has 0 fully saturated rings. The van der Waals surface area contributed by atoms with Gasteiger partial charge in [0.15, 0.2) is 0 Å². The van der Waals surface area contributed by atoms with Crippen LogP contribution in [0.3, 0.4) is 0 Å². The molecule has 0 N–H and O–H groups in total. The van der Waals surface area contributed by atoms with Gasteiger partial charge in [0.2, 0.25) is 0 Å². The maximum absolute atomic E-state index is 2.34. The van der Waals surface area contributed by atoms with Crippen molar-refractivity contribution in [1.82, 2.24) is 4.90 Å². The summed E-state index contributed by atoms with van der Waals surface area (Å²) >= 11 is 0. The van der Waals surface area contributed by atoms with Crippen LogP contribution in [-0.4, -0.2) is 32.3 Å². The van der Waals surface area contributed by atoms with Gasteiger partial charge in [0.1, 0.15) is 7.28 Å². The fourth-order valence-corrected chi connectivity index (χ4v) is 0.586. The Bertz CT molecular complexity index is 47.8. The zero-order valence-corrected chi connectivity index (χ0v) is 6.28. The molecule has 0 atom stereocenters. The molecule has 0 aliphatic heterocycles. The van der Waals surface area contributed by atoms with Gasteiger partial charge in [-0.05, 0) is 20.1 Å². The van der Waals surface area contributed by atoms with E-state index in [1.165, 1.54) is 26.7 Å². The minimum atomic E-state index is 1.18. The van der Waals surface area contributed by atoms with Gasteiger partial charge in [-0.25, -0.2) is 0 Å². The molecule has 1 nitrogen and oxygen atoms in total. The fourth-order valence-electron chi connectivity index (χ4n) is 0.586. The summed E-state index contributed by atoms with van der Waals surface area (Å²) in [6, 6.07) is 0. The lowest BCUT2D eigenvalue weighted by Crippen LogP contribution is -2.19. The monoisotopic (exact) mass is 113 g/mol. The fraction of sp³-hybridized carbons (Fsp3) is 1.00. The second-order valence-electron chi connectivity index (χ2n) is 2.25. The highest BCUT2D eigenvalue weighted by atomic mass is 15.1. The molecule has 0 unspecified atom stereocenters. The Labute approximate surface area is 53.3 Å². The van der Waals surface area contributed by atoms with E-state index in [9.17, 15) is 0 Å². The van der Waals surface area contributed by atoms with E-state index in [4.69, 9.17) is 0 Å². The van der Waals surface area contributed by atoms with Crippen molar-refractivity contribution in [3.8, 4) is 0 Å². The van der Waals surface area contributed by atoms with E-state index < -0.39 is 0 Å². The second-order valence-corrected chi connectivity index (χ2v) is 2.25. The molecule has 0 aromatic heterocycles. The van der Waals surface area contributed by atoms with Crippen molar-refractivity contribution in [1.29, 1.82) is 0 Å². The van der Waals surface area contributed by atoms with E-state index in [1.54, 1.807) is 0 Å². The summed E-state index contributed by atoms with van der Waals surface area (Å²) in [7, 11) is 3.47. The van der Waals surface area contributed by atoms with E-state index in [0.29, 0.717) is 0 Å². The van der Waals surface area contributed by atoms with Gasteiger partial charge in [0.25, 0.3) is 0 Å². The predicted octanol–water partition coefficient (Wildman–Crippen LogP) is 0.841. The summed E-state index contributed by atoms with van der Waals surface area (Å²) in [5, 5.41) is 0. The molecule has 0 rings (SSSR count). The Morgan fingerprint density at radius 3 is 2.50 bits per heavy atom. The van der Waals surface area contributed by atoms with Crippen LogP contribution in [0.1, 0.15) is 6.92 Å². The normalized spacial score (nSPS) is 10.0. The van der Waals surface area contributed by atoms with Crippen molar-refractivity contribution in [2.24, 2.45) is 0 Å². The van der Waals surface area contributed by atoms with E-state index >= 15 is 0 Å². The van der Waals surface area contributed by atoms with E-state index in [1.807, 2.05) is 0 Å². The Balaban J connectivity index is 2.86. The lowest BCUT2D eigenvalue weighted by molar-refractivity contribution is 0.373. The zero-order chi connectivity index (χ0) is 6.41. The van der Waals surface area contributed by atoms with Crippen LogP contribution in [0.15, 0.2) is 0 Å². The van der Waals surface area contributed by atoms with Crippen molar-refractivity contribution in [2.45, 2.75) is 20.1 Å². The molecule has 0 radical (unpaired) electrons. The minimum Gasteiger partial charge on any atom is -0.307 e. The van der Waals surface area contributed by atoms with Gasteiger partial charge >= 0.3 is 0 Å². The largest absolute Gasteiger partial charge is 0.307 e. The predicted molar refractivity (Wildman–Crippen MR) is 41.0 cm³/mol. The Hall–Kier alpha value is 0.0249. The van der Waals surface area contributed by atoms with Gasteiger partial charge in [0, 0.05) is 0 Å². The van der Waals surface area contributed by atoms with Gasteiger partial charge in [-0.15, -0.1) is 0 Å². The smallest absolute Gasteiger partial charge is 0.119 e. The van der Waals surface area contributed by atoms with Crippen LogP contribution >= 0.6 is 0 Å². The molecule has 0 bridgehead atoms. The van der Waals surface area contributed by atoms with Crippen LogP contribution in [0, 0.1) is 0 Å². The molecule has 2 heteroatoms. The van der Waals surface area contributed by atoms with Crippen molar-refractivity contribution < 1.29 is 0 Å². The highest BCUT2D eigenvalue weighted by molar-refractivity contribution is 6.33. The van der Waals surface area contributed by atoms with Gasteiger partial charge < -0.3 is 4.90 Å². The van der Waals surface area contributed by atoms with Crippen molar-refractivity contribution in [3.05, 3.63) is 0 Å². The third kappa shape index (κ3) is 4.19. The summed E-state index contributed by atoms with van der Waals surface area (Å²) in [4.78, 5) is 2.34. The molecule has 0 aliphatic carbocycles. The third-order valence-corrected chi connectivity index (χ3v) is 1.43. The molecule has 8 heavy (non-hydrogen) atoms. The SMILES string of the molecule is CBCCN(C)CC. The topological polar surface area (TPSA) is 3.24 Å². The first-order valence-corrected chi connectivity index (χ1v) is 3.49. The first-order valence-electron chi connectivity index (χ1n) is 3.49. The van der Waals surface area contributed by atoms with Crippen molar-refractivity contribution in [2.75, 3.05) is 20.1 Å². The van der Waals surface area contributed by atoms with E-state index in [0.717, 1.165) is 0 Å². The Morgan fingerprint density at radius 1 is 1.50 bits per heavy atom. The van der Waals surface area contributed by atoms with Crippen LogP contribution in [0.2, 0.25) is 13.1 Å². The van der Waals surface area contributed by atoms with Gasteiger partial charge in [0.05, 0.1) is 0 Å². The third-order valence-electron chi connectivity index (χ3n) is 1.43. The lowest BCUT2D eigenvalue weighted by atomic mass is 9.78. The molecule has 0 amide bonds. The molecule has 0 heterocycles. The van der Waals surface area contributed by atoms with Crippen LogP contribution in [0.5, 0.6) is 0 Å². The lowest BCUT2D eigenvalue weighted by Gasteiger charge is -2.11. The molecular formula is C6H16BN. The molecule has 0 aromatic rings. The number of hydrogen-bond acceptors (Lipinski definition) is 1. The first kappa shape index (κ1) is 8.02. The van der Waals surface area contributed by atoms with Crippen molar-refractivity contribution >= 4 is 7.28 Å². The number of hydrogen-bond donors (Lipinski definition) is 0. The van der Waals surface area contributed by atoms with E-state index in [-0.39, 0.29) is 0 Å². The van der Waals surface area contributed by atoms with Crippen LogP contribution in [0.25, 0.3) is 0 Å². The Kier molecular flexibility index (Phi) is 5.18. The van der Waals surface area contributed by atoms with Crippen LogP contribution in [0.4, 0.5) is 0 Å². The maximum Gasteiger partial charge on any atom is 0.119 e. The molecule has 0 spiro atoms. The van der Waals surface area contributed by atoms with Crippen molar-refractivity contribution in [3.63, 3.8) is 0 Å². The summed E-state index contributed by atoms with van der Waals surface area (Å²) in [5.74, 6) is 0. The van der Waals surface area contributed by atoms with E-state index in [2.05, 4.69) is 25.7 Å². The van der Waals surface area contributed by atoms with Gasteiger partial charge in [-0.2, -0.15) is 0 Å². The maximum atomic E-state index is 2.34. The van der Waals surface area contributed by atoms with Crippen LogP contribution in [-0.2, 0) is 0 Å². The molecule has 0 aliphatic rings. The zero-order valence-electron chi connectivity index (χ0n) is 6.28. The number of nitrogens with zero attached hydrogens (tertiary/aromatic N) is 1. The molecule has 0 saturated heterocycles. The number of rotatable bonds is 4. The first-order chi connectivity index (χ1) is 3.81. The quantitative estimate of drug-likeness (QED) is 0.488. The molecule has 48 valence electrons. The molecule has 0 aromatic carbocycles. The standard InChI is InChI=1S/C6H16BN/c1-4-8(3)6-5-7-2/h7H,4-6H2,1-3H3. The average molecular weight is 113 g/mol. The summed E-state index contributed by atoms with van der Waals surface area (Å²) < 4.78 is 0.